The van der Waals surface area contributed by atoms with Crippen molar-refractivity contribution in [3.63, 3.8) is 0 Å². The summed E-state index contributed by atoms with van der Waals surface area (Å²) >= 11 is 1.71. The number of nitrogens with zero attached hydrogens (tertiary/aromatic N) is 3. The molecule has 3 rings (SSSR count). The van der Waals surface area contributed by atoms with Crippen LogP contribution in [-0.4, -0.2) is 20.7 Å². The van der Waals surface area contributed by atoms with Crippen LogP contribution in [0.15, 0.2) is 36.5 Å². The van der Waals surface area contributed by atoms with Gasteiger partial charge in [-0.3, -0.25) is 4.79 Å². The summed E-state index contributed by atoms with van der Waals surface area (Å²) in [6.07, 6.45) is 4.81. The van der Waals surface area contributed by atoms with Gasteiger partial charge in [0.15, 0.2) is 0 Å². The Hall–Kier alpha value is -2.21. The van der Waals surface area contributed by atoms with E-state index < -0.39 is 0 Å². The van der Waals surface area contributed by atoms with Crippen LogP contribution in [-0.2, 0) is 11.2 Å². The molecule has 2 heterocycles. The molecule has 1 aromatic carbocycles. The lowest BCUT2D eigenvalue weighted by atomic mass is 10.2. The number of fused-ring (bicyclic) bond motifs is 1. The lowest BCUT2D eigenvalue weighted by Gasteiger charge is -2.14. The quantitative estimate of drug-likeness (QED) is 0.691. The minimum atomic E-state index is 0.0289. The number of nitrogens with one attached hydrogen (secondary N) is 1. The third-order valence-corrected chi connectivity index (χ3v) is 5.17. The maximum absolute atomic E-state index is 12.2. The van der Waals surface area contributed by atoms with Gasteiger partial charge in [0.1, 0.15) is 5.82 Å². The molecule has 1 unspecified atom stereocenters. The summed E-state index contributed by atoms with van der Waals surface area (Å²) < 4.78 is 3.07. The second-order valence-electron chi connectivity index (χ2n) is 5.90. The predicted octanol–water partition coefficient (Wildman–Crippen LogP) is 4.43. The summed E-state index contributed by atoms with van der Waals surface area (Å²) in [5.74, 6) is 0.801. The van der Waals surface area contributed by atoms with Crippen molar-refractivity contribution < 1.29 is 4.79 Å². The number of aryl methyl sites for hydroxylation is 1. The van der Waals surface area contributed by atoms with Crippen molar-refractivity contribution in [1.29, 1.82) is 0 Å². The average Bonchev–Trinajstić information content (AvgIpc) is 3.20. The van der Waals surface area contributed by atoms with Crippen molar-refractivity contribution in [2.75, 3.05) is 5.32 Å². The van der Waals surface area contributed by atoms with E-state index in [1.165, 1.54) is 4.70 Å². The van der Waals surface area contributed by atoms with Gasteiger partial charge >= 0.3 is 0 Å². The number of carbonyl (C=O) groups is 1. The zero-order chi connectivity index (χ0) is 16.9. The Balaban J connectivity index is 1.52. The smallest absolute Gasteiger partial charge is 0.225 e. The molecule has 0 saturated carbocycles. The zero-order valence-corrected chi connectivity index (χ0v) is 14.8. The molecule has 0 aliphatic heterocycles. The van der Waals surface area contributed by atoms with E-state index in [2.05, 4.69) is 35.3 Å². The lowest BCUT2D eigenvalue weighted by molar-refractivity contribution is -0.116. The Morgan fingerprint density at radius 3 is 2.96 bits per heavy atom. The first-order chi connectivity index (χ1) is 11.7. The molecule has 126 valence electrons. The molecule has 0 radical (unpaired) electrons. The molecule has 5 nitrogen and oxygen atoms in total. The topological polar surface area (TPSA) is 59.8 Å². The highest BCUT2D eigenvalue weighted by Gasteiger charge is 2.11. The predicted molar refractivity (Wildman–Crippen MR) is 98.4 cm³/mol. The number of hydrogen-bond acceptors (Lipinski definition) is 4. The normalized spacial score (nSPS) is 12.4. The molecule has 24 heavy (non-hydrogen) atoms. The van der Waals surface area contributed by atoms with Crippen LogP contribution in [0.5, 0.6) is 0 Å². The number of carbonyl (C=O) groups excluding carboxylic acids is 1. The van der Waals surface area contributed by atoms with E-state index in [-0.39, 0.29) is 11.9 Å². The van der Waals surface area contributed by atoms with Gasteiger partial charge in [-0.05, 0) is 38.3 Å². The molecule has 1 amide bonds. The second kappa shape index (κ2) is 7.57. The van der Waals surface area contributed by atoms with Crippen LogP contribution in [0, 0.1) is 0 Å². The number of amides is 1. The fraction of sp³-hybridized carbons (Fsp3) is 0.389. The van der Waals surface area contributed by atoms with E-state index in [1.807, 2.05) is 28.9 Å². The molecule has 2 aromatic heterocycles. The van der Waals surface area contributed by atoms with Crippen LogP contribution in [0.1, 0.15) is 44.2 Å². The van der Waals surface area contributed by atoms with Crippen LogP contribution in [0.3, 0.4) is 0 Å². The third-order valence-electron chi connectivity index (χ3n) is 4.08. The molecule has 6 heteroatoms. The Kier molecular flexibility index (Phi) is 5.25. The van der Waals surface area contributed by atoms with Crippen molar-refractivity contribution in [3.8, 4) is 0 Å². The number of hydrogen-bond donors (Lipinski definition) is 1. The summed E-state index contributed by atoms with van der Waals surface area (Å²) in [5, 5.41) is 8.34. The first-order valence-corrected chi connectivity index (χ1v) is 9.17. The highest BCUT2D eigenvalue weighted by Crippen LogP contribution is 2.23. The minimum absolute atomic E-state index is 0.0289. The van der Waals surface area contributed by atoms with E-state index in [4.69, 9.17) is 0 Å². The van der Waals surface area contributed by atoms with Gasteiger partial charge in [0.2, 0.25) is 5.91 Å². The standard InChI is InChI=1S/C18H22N4OS/c1-3-13(2)22-16(11-12-19-22)21-17(23)9-6-10-18-20-14-7-4-5-8-15(14)24-18/h4-5,7-8,11-13H,3,6,9-10H2,1-2H3,(H,21,23). The van der Waals surface area contributed by atoms with Gasteiger partial charge in [0, 0.05) is 12.5 Å². The Morgan fingerprint density at radius 1 is 1.33 bits per heavy atom. The highest BCUT2D eigenvalue weighted by molar-refractivity contribution is 7.18. The van der Waals surface area contributed by atoms with Crippen molar-refractivity contribution in [1.82, 2.24) is 14.8 Å². The van der Waals surface area contributed by atoms with Gasteiger partial charge in [-0.1, -0.05) is 19.1 Å². The average molecular weight is 342 g/mol. The SMILES string of the molecule is CCC(C)n1nccc1NC(=O)CCCc1nc2ccccc2s1. The monoisotopic (exact) mass is 342 g/mol. The molecule has 1 atom stereocenters. The molecular formula is C18H22N4OS. The van der Waals surface area contributed by atoms with Crippen molar-refractivity contribution in [3.05, 3.63) is 41.5 Å². The summed E-state index contributed by atoms with van der Waals surface area (Å²) in [7, 11) is 0. The number of benzene rings is 1. The summed E-state index contributed by atoms with van der Waals surface area (Å²) in [6.45, 7) is 4.20. The van der Waals surface area contributed by atoms with Gasteiger partial charge in [-0.25, -0.2) is 9.67 Å². The van der Waals surface area contributed by atoms with Gasteiger partial charge in [-0.15, -0.1) is 11.3 Å². The molecule has 0 fully saturated rings. The Bertz CT molecular complexity index is 790. The molecule has 1 N–H and O–H groups in total. The van der Waals surface area contributed by atoms with Crippen LogP contribution in [0.2, 0.25) is 0 Å². The fourth-order valence-electron chi connectivity index (χ4n) is 2.57. The fourth-order valence-corrected chi connectivity index (χ4v) is 3.58. The summed E-state index contributed by atoms with van der Waals surface area (Å²) in [4.78, 5) is 16.8. The van der Waals surface area contributed by atoms with E-state index >= 15 is 0 Å². The summed E-state index contributed by atoms with van der Waals surface area (Å²) in [6, 6.07) is 10.3. The maximum Gasteiger partial charge on any atom is 0.225 e. The third kappa shape index (κ3) is 3.82. The molecule has 0 spiro atoms. The Labute approximate surface area is 145 Å². The van der Waals surface area contributed by atoms with E-state index in [0.717, 1.165) is 35.6 Å². The largest absolute Gasteiger partial charge is 0.311 e. The van der Waals surface area contributed by atoms with Crippen LogP contribution in [0.4, 0.5) is 5.82 Å². The molecule has 0 saturated heterocycles. The van der Waals surface area contributed by atoms with E-state index in [1.54, 1.807) is 17.5 Å². The van der Waals surface area contributed by atoms with Crippen molar-refractivity contribution >= 4 is 33.3 Å². The summed E-state index contributed by atoms with van der Waals surface area (Å²) in [5.41, 5.74) is 1.04. The van der Waals surface area contributed by atoms with Crippen LogP contribution < -0.4 is 5.32 Å². The Morgan fingerprint density at radius 2 is 2.17 bits per heavy atom. The molecule has 0 bridgehead atoms. The number of thiazole rings is 1. The molecule has 0 aliphatic carbocycles. The number of rotatable bonds is 7. The van der Waals surface area contributed by atoms with E-state index in [9.17, 15) is 4.79 Å². The zero-order valence-electron chi connectivity index (χ0n) is 14.0. The number of anilines is 1. The van der Waals surface area contributed by atoms with Crippen molar-refractivity contribution in [2.24, 2.45) is 0 Å². The molecule has 0 aliphatic rings. The maximum atomic E-state index is 12.2. The van der Waals surface area contributed by atoms with Gasteiger partial charge in [0.25, 0.3) is 0 Å². The second-order valence-corrected chi connectivity index (χ2v) is 7.01. The first kappa shape index (κ1) is 16.6. The number of para-hydroxylation sites is 1. The molecule has 3 aromatic rings. The molecular weight excluding hydrogens is 320 g/mol. The number of aromatic nitrogens is 3. The van der Waals surface area contributed by atoms with Gasteiger partial charge in [0.05, 0.1) is 27.5 Å². The van der Waals surface area contributed by atoms with Gasteiger partial charge < -0.3 is 5.32 Å². The van der Waals surface area contributed by atoms with Crippen molar-refractivity contribution in [2.45, 2.75) is 45.6 Å². The first-order valence-electron chi connectivity index (χ1n) is 8.35. The lowest BCUT2D eigenvalue weighted by Crippen LogP contribution is -2.17. The van der Waals surface area contributed by atoms with Crippen LogP contribution >= 0.6 is 11.3 Å². The minimum Gasteiger partial charge on any atom is -0.311 e. The highest BCUT2D eigenvalue weighted by atomic mass is 32.1. The van der Waals surface area contributed by atoms with Gasteiger partial charge in [-0.2, -0.15) is 5.10 Å². The van der Waals surface area contributed by atoms with E-state index in [0.29, 0.717) is 6.42 Å². The van der Waals surface area contributed by atoms with Crippen LogP contribution in [0.25, 0.3) is 10.2 Å².